The highest BCUT2D eigenvalue weighted by Gasteiger charge is 2.51. The van der Waals surface area contributed by atoms with E-state index in [1.807, 2.05) is 0 Å². The molecule has 0 nitrogen and oxygen atoms in total. The molecule has 3 unspecified atom stereocenters. The van der Waals surface area contributed by atoms with Crippen molar-refractivity contribution in [2.45, 2.75) is 71.1 Å². The predicted molar refractivity (Wildman–Crippen MR) is 133 cm³/mol. The standard InChI is InChI=1S/C31H36/c1-6-22-14-15-26-27(19-22)29-20(2)12-16-28(29)31(4,5)30(26)21(3)11-13-23-17-24-9-7-8-10-25(24)18-23/h7-10,14-15,17,19,28-30H,2-3,6,11-13,16,18H2,1,4-5H3. The lowest BCUT2D eigenvalue weighted by Crippen LogP contribution is -2.38. The molecule has 1 fully saturated rings. The Morgan fingerprint density at radius 1 is 1.10 bits per heavy atom. The molecule has 0 radical (unpaired) electrons. The minimum Gasteiger partial charge on any atom is -0.0992 e. The average Bonchev–Trinajstić information content (AvgIpc) is 3.35. The molecule has 0 aliphatic heterocycles. The summed E-state index contributed by atoms with van der Waals surface area (Å²) in [5.41, 5.74) is 12.1. The average molecular weight is 409 g/mol. The van der Waals surface area contributed by atoms with Crippen molar-refractivity contribution in [3.8, 4) is 0 Å². The summed E-state index contributed by atoms with van der Waals surface area (Å²) in [4.78, 5) is 0. The van der Waals surface area contributed by atoms with Crippen LogP contribution in [0, 0.1) is 11.3 Å². The highest BCUT2D eigenvalue weighted by Crippen LogP contribution is 2.63. The molecule has 0 amide bonds. The Morgan fingerprint density at radius 3 is 2.68 bits per heavy atom. The van der Waals surface area contributed by atoms with Gasteiger partial charge in [-0.2, -0.15) is 0 Å². The van der Waals surface area contributed by atoms with Crippen molar-refractivity contribution in [1.29, 1.82) is 0 Å². The smallest absolute Gasteiger partial charge is 0.0103 e. The van der Waals surface area contributed by atoms with Gasteiger partial charge in [0.25, 0.3) is 0 Å². The minimum absolute atomic E-state index is 0.217. The van der Waals surface area contributed by atoms with Gasteiger partial charge in [0, 0.05) is 11.8 Å². The maximum absolute atomic E-state index is 4.71. The third-order valence-corrected chi connectivity index (χ3v) is 8.53. The van der Waals surface area contributed by atoms with Crippen molar-refractivity contribution < 1.29 is 0 Å². The Hall–Kier alpha value is -2.34. The molecule has 1 saturated carbocycles. The van der Waals surface area contributed by atoms with E-state index in [0.29, 0.717) is 17.8 Å². The Kier molecular flexibility index (Phi) is 5.08. The van der Waals surface area contributed by atoms with E-state index in [4.69, 9.17) is 6.58 Å². The van der Waals surface area contributed by atoms with E-state index in [9.17, 15) is 0 Å². The molecule has 0 spiro atoms. The molecule has 2 aromatic carbocycles. The van der Waals surface area contributed by atoms with Crippen LogP contribution in [0.2, 0.25) is 0 Å². The molecule has 160 valence electrons. The molecular formula is C31H36. The number of hydrogen-bond acceptors (Lipinski definition) is 0. The lowest BCUT2D eigenvalue weighted by molar-refractivity contribution is 0.153. The zero-order valence-corrected chi connectivity index (χ0v) is 19.5. The molecule has 3 aliphatic carbocycles. The molecule has 0 saturated heterocycles. The van der Waals surface area contributed by atoms with Crippen molar-refractivity contribution in [3.05, 3.63) is 100 Å². The molecule has 3 atom stereocenters. The first-order valence-corrected chi connectivity index (χ1v) is 12.2. The van der Waals surface area contributed by atoms with Crippen LogP contribution in [-0.4, -0.2) is 0 Å². The topological polar surface area (TPSA) is 0 Å². The van der Waals surface area contributed by atoms with E-state index < -0.39 is 0 Å². The van der Waals surface area contributed by atoms with Gasteiger partial charge in [0.1, 0.15) is 0 Å². The fourth-order valence-electron chi connectivity index (χ4n) is 6.90. The summed E-state index contributed by atoms with van der Waals surface area (Å²) in [5.74, 6) is 1.65. The lowest BCUT2D eigenvalue weighted by atomic mass is 9.55. The maximum Gasteiger partial charge on any atom is 0.0103 e. The predicted octanol–water partition coefficient (Wildman–Crippen LogP) is 8.40. The van der Waals surface area contributed by atoms with Crippen LogP contribution < -0.4 is 0 Å². The second kappa shape index (κ2) is 7.66. The summed E-state index contributed by atoms with van der Waals surface area (Å²) in [6.07, 6.45) is 9.28. The monoisotopic (exact) mass is 408 g/mol. The largest absolute Gasteiger partial charge is 0.0992 e. The zero-order valence-electron chi connectivity index (χ0n) is 19.5. The SMILES string of the molecule is C=C1CCC2C1c1cc(CC)ccc1C(C(=C)CCC1=Cc3ccccc3C1)C2(C)C. The first-order valence-electron chi connectivity index (χ1n) is 12.2. The van der Waals surface area contributed by atoms with Crippen LogP contribution in [0.25, 0.3) is 6.08 Å². The first kappa shape index (κ1) is 20.6. The van der Waals surface area contributed by atoms with E-state index in [1.165, 1.54) is 46.2 Å². The third kappa shape index (κ3) is 3.36. The Balaban J connectivity index is 1.44. The summed E-state index contributed by atoms with van der Waals surface area (Å²) in [6.45, 7) is 16.5. The molecule has 0 N–H and O–H groups in total. The minimum atomic E-state index is 0.217. The van der Waals surface area contributed by atoms with Gasteiger partial charge in [0.15, 0.2) is 0 Å². The normalized spacial score (nSPS) is 25.6. The van der Waals surface area contributed by atoms with E-state index >= 15 is 0 Å². The number of fused-ring (bicyclic) bond motifs is 4. The molecule has 0 heterocycles. The van der Waals surface area contributed by atoms with Crippen LogP contribution >= 0.6 is 0 Å². The second-order valence-electron chi connectivity index (χ2n) is 10.7. The molecule has 0 heteroatoms. The fraction of sp³-hybridized carbons (Fsp3) is 0.419. The van der Waals surface area contributed by atoms with Gasteiger partial charge in [-0.15, -0.1) is 0 Å². The van der Waals surface area contributed by atoms with Gasteiger partial charge in [0.2, 0.25) is 0 Å². The summed E-state index contributed by atoms with van der Waals surface area (Å²) >= 11 is 0. The van der Waals surface area contributed by atoms with Crippen LogP contribution in [0.4, 0.5) is 0 Å². The second-order valence-corrected chi connectivity index (χ2v) is 10.7. The molecule has 0 bridgehead atoms. The number of benzene rings is 2. The van der Waals surface area contributed by atoms with Crippen molar-refractivity contribution in [2.24, 2.45) is 11.3 Å². The van der Waals surface area contributed by atoms with Crippen LogP contribution in [0.3, 0.4) is 0 Å². The van der Waals surface area contributed by atoms with E-state index in [1.54, 1.807) is 11.1 Å². The van der Waals surface area contributed by atoms with Crippen LogP contribution in [0.15, 0.2) is 72.3 Å². The van der Waals surface area contributed by atoms with Gasteiger partial charge in [-0.05, 0) is 77.7 Å². The van der Waals surface area contributed by atoms with Crippen LogP contribution in [0.1, 0.15) is 86.1 Å². The summed E-state index contributed by atoms with van der Waals surface area (Å²) in [5, 5.41) is 0. The van der Waals surface area contributed by atoms with Gasteiger partial charge in [-0.25, -0.2) is 0 Å². The van der Waals surface area contributed by atoms with Crippen LogP contribution in [-0.2, 0) is 12.8 Å². The number of allylic oxidation sites excluding steroid dienone is 3. The molecule has 2 aromatic rings. The summed E-state index contributed by atoms with van der Waals surface area (Å²) < 4.78 is 0. The highest BCUT2D eigenvalue weighted by atomic mass is 14.5. The van der Waals surface area contributed by atoms with Crippen molar-refractivity contribution in [2.75, 3.05) is 0 Å². The maximum atomic E-state index is 4.71. The number of aryl methyl sites for hydroxylation is 1. The fourth-order valence-corrected chi connectivity index (χ4v) is 6.90. The highest BCUT2D eigenvalue weighted by molar-refractivity contribution is 5.63. The van der Waals surface area contributed by atoms with Gasteiger partial charge >= 0.3 is 0 Å². The number of hydrogen-bond donors (Lipinski definition) is 0. The molecule has 3 aliphatic rings. The van der Waals surface area contributed by atoms with Crippen molar-refractivity contribution in [1.82, 2.24) is 0 Å². The van der Waals surface area contributed by atoms with Gasteiger partial charge in [-0.3, -0.25) is 0 Å². The quantitative estimate of drug-likeness (QED) is 0.436. The van der Waals surface area contributed by atoms with Crippen molar-refractivity contribution in [3.63, 3.8) is 0 Å². The molecular weight excluding hydrogens is 372 g/mol. The molecule has 31 heavy (non-hydrogen) atoms. The lowest BCUT2D eigenvalue weighted by Gasteiger charge is -2.49. The zero-order chi connectivity index (χ0) is 21.8. The third-order valence-electron chi connectivity index (χ3n) is 8.53. The van der Waals surface area contributed by atoms with Gasteiger partial charge in [-0.1, -0.05) is 99.2 Å². The van der Waals surface area contributed by atoms with E-state index in [-0.39, 0.29) is 5.41 Å². The van der Waals surface area contributed by atoms with Gasteiger partial charge in [0.05, 0.1) is 0 Å². The van der Waals surface area contributed by atoms with Crippen LogP contribution in [0.5, 0.6) is 0 Å². The summed E-state index contributed by atoms with van der Waals surface area (Å²) in [7, 11) is 0. The van der Waals surface area contributed by atoms with Crippen molar-refractivity contribution >= 4 is 6.08 Å². The van der Waals surface area contributed by atoms with Gasteiger partial charge < -0.3 is 0 Å². The summed E-state index contributed by atoms with van der Waals surface area (Å²) in [6, 6.07) is 16.1. The molecule has 0 aromatic heterocycles. The number of rotatable bonds is 5. The molecule has 5 rings (SSSR count). The first-order chi connectivity index (χ1) is 14.9. The van der Waals surface area contributed by atoms with E-state index in [2.05, 4.69) is 75.9 Å². The Labute approximate surface area is 188 Å². The Morgan fingerprint density at radius 2 is 1.90 bits per heavy atom. The Bertz CT molecular complexity index is 1080. The van der Waals surface area contributed by atoms with E-state index in [0.717, 1.165) is 25.7 Å².